The highest BCUT2D eigenvalue weighted by Crippen LogP contribution is 2.38. The quantitative estimate of drug-likeness (QED) is 0.758. The number of imidazole rings is 1. The third kappa shape index (κ3) is 1.87. The van der Waals surface area contributed by atoms with Gasteiger partial charge in [-0.15, -0.1) is 11.3 Å². The van der Waals surface area contributed by atoms with E-state index in [-0.39, 0.29) is 0 Å². The highest BCUT2D eigenvalue weighted by atomic mass is 32.1. The normalized spacial score (nSPS) is 17.0. The summed E-state index contributed by atoms with van der Waals surface area (Å²) in [6, 6.07) is 2.31. The molecule has 2 heterocycles. The Hall–Kier alpha value is -0.870. The Kier molecular flexibility index (Phi) is 2.69. The van der Waals surface area contributed by atoms with Crippen molar-refractivity contribution in [1.29, 1.82) is 0 Å². The van der Waals surface area contributed by atoms with E-state index < -0.39 is 0 Å². The molecule has 0 radical (unpaired) electrons. The summed E-state index contributed by atoms with van der Waals surface area (Å²) in [5.74, 6) is 0.798. The van der Waals surface area contributed by atoms with Crippen LogP contribution in [0.3, 0.4) is 0 Å². The number of aromatic amines is 2. The van der Waals surface area contributed by atoms with Gasteiger partial charge in [0.1, 0.15) is 0 Å². The summed E-state index contributed by atoms with van der Waals surface area (Å²) in [7, 11) is 0. The van der Waals surface area contributed by atoms with Crippen molar-refractivity contribution in [2.45, 2.75) is 31.6 Å². The molecular weight excluding hydrogens is 236 g/mol. The van der Waals surface area contributed by atoms with Crippen molar-refractivity contribution >= 4 is 23.6 Å². The van der Waals surface area contributed by atoms with Crippen LogP contribution in [0.25, 0.3) is 10.6 Å². The van der Waals surface area contributed by atoms with Gasteiger partial charge in [-0.25, -0.2) is 0 Å². The minimum Gasteiger partial charge on any atom is -0.337 e. The Morgan fingerprint density at radius 3 is 2.81 bits per heavy atom. The van der Waals surface area contributed by atoms with Gasteiger partial charge in [-0.1, -0.05) is 12.8 Å². The zero-order valence-electron chi connectivity index (χ0n) is 8.95. The molecule has 16 heavy (non-hydrogen) atoms. The van der Waals surface area contributed by atoms with Crippen LogP contribution in [-0.2, 0) is 0 Å². The van der Waals surface area contributed by atoms with E-state index in [9.17, 15) is 0 Å². The van der Waals surface area contributed by atoms with Crippen LogP contribution < -0.4 is 0 Å². The second-order valence-corrected chi connectivity index (χ2v) is 5.70. The molecule has 0 bridgehead atoms. The maximum absolute atomic E-state index is 5.04. The Morgan fingerprint density at radius 1 is 1.31 bits per heavy atom. The molecule has 1 fully saturated rings. The molecule has 0 aromatic carbocycles. The van der Waals surface area contributed by atoms with E-state index in [2.05, 4.69) is 21.4 Å². The molecule has 1 aliphatic rings. The van der Waals surface area contributed by atoms with E-state index in [0.717, 1.165) is 11.6 Å². The fourth-order valence-corrected chi connectivity index (χ4v) is 3.56. The van der Waals surface area contributed by atoms with Crippen molar-refractivity contribution in [3.63, 3.8) is 0 Å². The zero-order valence-corrected chi connectivity index (χ0v) is 10.6. The van der Waals surface area contributed by atoms with Crippen molar-refractivity contribution in [2.75, 3.05) is 0 Å². The maximum Gasteiger partial charge on any atom is 0.174 e. The number of nitrogens with one attached hydrogen (secondary N) is 2. The first-order chi connectivity index (χ1) is 7.83. The SMILES string of the molecule is S=c1[nH]cc(-c2cc(C3CCCC3)cs2)[nH]1. The summed E-state index contributed by atoms with van der Waals surface area (Å²) in [5, 5.41) is 2.30. The Bertz CT molecular complexity index is 529. The topological polar surface area (TPSA) is 31.6 Å². The zero-order chi connectivity index (χ0) is 11.0. The summed E-state index contributed by atoms with van der Waals surface area (Å²) < 4.78 is 0.700. The van der Waals surface area contributed by atoms with Crippen molar-refractivity contribution in [2.24, 2.45) is 0 Å². The summed E-state index contributed by atoms with van der Waals surface area (Å²) in [4.78, 5) is 7.46. The number of aromatic nitrogens is 2. The lowest BCUT2D eigenvalue weighted by atomic mass is 10.0. The molecule has 3 rings (SSSR count). The first kappa shape index (κ1) is 10.3. The molecule has 0 saturated heterocycles. The van der Waals surface area contributed by atoms with Crippen molar-refractivity contribution in [1.82, 2.24) is 9.97 Å². The van der Waals surface area contributed by atoms with Gasteiger partial charge in [0.2, 0.25) is 0 Å². The average molecular weight is 250 g/mol. The van der Waals surface area contributed by atoms with Gasteiger partial charge in [0.15, 0.2) is 4.77 Å². The molecule has 0 atom stereocenters. The molecule has 4 heteroatoms. The van der Waals surface area contributed by atoms with Gasteiger partial charge in [0.25, 0.3) is 0 Å². The van der Waals surface area contributed by atoms with Crippen LogP contribution in [0, 0.1) is 4.77 Å². The minimum absolute atomic E-state index is 0.700. The van der Waals surface area contributed by atoms with Crippen molar-refractivity contribution in [3.8, 4) is 10.6 Å². The number of hydrogen-bond donors (Lipinski definition) is 2. The predicted molar refractivity (Wildman–Crippen MR) is 70.5 cm³/mol. The standard InChI is InChI=1S/C12H14N2S2/c15-12-13-6-10(14-12)11-5-9(7-16-11)8-3-1-2-4-8/h5-8H,1-4H2,(H2,13,14,15). The van der Waals surface area contributed by atoms with Gasteiger partial charge in [0.05, 0.1) is 10.6 Å². The van der Waals surface area contributed by atoms with Gasteiger partial charge < -0.3 is 9.97 Å². The van der Waals surface area contributed by atoms with Crippen LogP contribution in [0.5, 0.6) is 0 Å². The molecule has 2 N–H and O–H groups in total. The van der Waals surface area contributed by atoms with Crippen LogP contribution in [0.4, 0.5) is 0 Å². The molecule has 2 nitrogen and oxygen atoms in total. The molecule has 0 spiro atoms. The van der Waals surface area contributed by atoms with Crippen LogP contribution in [0.15, 0.2) is 17.6 Å². The van der Waals surface area contributed by atoms with Gasteiger partial charge in [-0.3, -0.25) is 0 Å². The van der Waals surface area contributed by atoms with E-state index >= 15 is 0 Å². The highest BCUT2D eigenvalue weighted by Gasteiger charge is 2.18. The van der Waals surface area contributed by atoms with Gasteiger partial charge in [-0.2, -0.15) is 0 Å². The smallest absolute Gasteiger partial charge is 0.174 e. The van der Waals surface area contributed by atoms with Gasteiger partial charge >= 0.3 is 0 Å². The summed E-state index contributed by atoms with van der Waals surface area (Å²) in [6.45, 7) is 0. The minimum atomic E-state index is 0.700. The van der Waals surface area contributed by atoms with Crippen LogP contribution in [0.1, 0.15) is 37.2 Å². The van der Waals surface area contributed by atoms with E-state index in [1.54, 1.807) is 11.3 Å². The summed E-state index contributed by atoms with van der Waals surface area (Å²) in [5.41, 5.74) is 2.62. The van der Waals surface area contributed by atoms with Crippen LogP contribution >= 0.6 is 23.6 Å². The number of hydrogen-bond acceptors (Lipinski definition) is 2. The molecule has 84 valence electrons. The second-order valence-electron chi connectivity index (χ2n) is 4.38. The Labute approximate surface area is 104 Å². The first-order valence-corrected chi connectivity index (χ1v) is 6.98. The monoisotopic (exact) mass is 250 g/mol. The lowest BCUT2D eigenvalue weighted by molar-refractivity contribution is 0.726. The molecule has 0 aliphatic heterocycles. The third-order valence-electron chi connectivity index (χ3n) is 3.31. The molecule has 2 aromatic heterocycles. The second kappa shape index (κ2) is 4.18. The van der Waals surface area contributed by atoms with Crippen molar-refractivity contribution in [3.05, 3.63) is 28.0 Å². The summed E-state index contributed by atoms with van der Waals surface area (Å²) in [6.07, 6.45) is 7.45. The third-order valence-corrected chi connectivity index (χ3v) is 4.51. The van der Waals surface area contributed by atoms with E-state index in [1.807, 2.05) is 6.20 Å². The maximum atomic E-state index is 5.04. The first-order valence-electron chi connectivity index (χ1n) is 5.69. The Balaban J connectivity index is 1.89. The predicted octanol–water partition coefficient (Wildman–Crippen LogP) is 4.46. The lowest BCUT2D eigenvalue weighted by Crippen LogP contribution is -1.87. The van der Waals surface area contributed by atoms with Crippen LogP contribution in [-0.4, -0.2) is 9.97 Å². The fourth-order valence-electron chi connectivity index (χ4n) is 2.43. The molecular formula is C12H14N2S2. The Morgan fingerprint density at radius 2 is 2.12 bits per heavy atom. The van der Waals surface area contributed by atoms with Crippen molar-refractivity contribution < 1.29 is 0 Å². The molecule has 2 aromatic rings. The number of thiophene rings is 1. The fraction of sp³-hybridized carbons (Fsp3) is 0.417. The lowest BCUT2D eigenvalue weighted by Gasteiger charge is -2.04. The van der Waals surface area contributed by atoms with E-state index in [1.165, 1.54) is 36.1 Å². The molecule has 0 unspecified atom stereocenters. The molecule has 1 saturated carbocycles. The highest BCUT2D eigenvalue weighted by molar-refractivity contribution is 7.71. The number of rotatable bonds is 2. The average Bonchev–Trinajstić information content (AvgIpc) is 2.97. The van der Waals surface area contributed by atoms with E-state index in [4.69, 9.17) is 12.2 Å². The van der Waals surface area contributed by atoms with Crippen LogP contribution in [0.2, 0.25) is 0 Å². The number of H-pyrrole nitrogens is 2. The van der Waals surface area contributed by atoms with Gasteiger partial charge in [0, 0.05) is 6.20 Å². The largest absolute Gasteiger partial charge is 0.337 e. The molecule has 0 amide bonds. The van der Waals surface area contributed by atoms with Gasteiger partial charge in [-0.05, 0) is 48.0 Å². The molecule has 1 aliphatic carbocycles. The summed E-state index contributed by atoms with van der Waals surface area (Å²) >= 11 is 6.85. The van der Waals surface area contributed by atoms with E-state index in [0.29, 0.717) is 4.77 Å².